The third-order valence-corrected chi connectivity index (χ3v) is 4.84. The van der Waals surface area contributed by atoms with E-state index >= 15 is 0 Å². The number of nitrogens with zero attached hydrogens (tertiary/aromatic N) is 2. The van der Waals surface area contributed by atoms with Crippen LogP contribution in [0.2, 0.25) is 0 Å². The van der Waals surface area contributed by atoms with Crippen LogP contribution in [0.1, 0.15) is 24.2 Å². The van der Waals surface area contributed by atoms with Crippen molar-refractivity contribution < 1.29 is 17.6 Å². The summed E-state index contributed by atoms with van der Waals surface area (Å²) in [5.41, 5.74) is 1.24. The van der Waals surface area contributed by atoms with Gasteiger partial charge in [-0.15, -0.1) is 0 Å². The highest BCUT2D eigenvalue weighted by Crippen LogP contribution is 2.32. The summed E-state index contributed by atoms with van der Waals surface area (Å²) in [4.78, 5) is 7.34. The average molecular weight is 390 g/mol. The van der Waals surface area contributed by atoms with Crippen molar-refractivity contribution in [1.82, 2.24) is 15.3 Å². The molecule has 0 saturated heterocycles. The van der Waals surface area contributed by atoms with Gasteiger partial charge in [0.1, 0.15) is 11.6 Å². The second-order valence-corrected chi connectivity index (χ2v) is 6.93. The van der Waals surface area contributed by atoms with Crippen molar-refractivity contribution in [3.8, 4) is 0 Å². The van der Waals surface area contributed by atoms with E-state index in [2.05, 4.69) is 20.6 Å². The van der Waals surface area contributed by atoms with Gasteiger partial charge >= 0.3 is 6.18 Å². The fourth-order valence-corrected chi connectivity index (χ4v) is 3.27. The molecule has 3 aromatic rings. The Bertz CT molecular complexity index is 966. The van der Waals surface area contributed by atoms with E-state index in [1.54, 1.807) is 36.4 Å². The Morgan fingerprint density at radius 3 is 2.36 bits per heavy atom. The van der Waals surface area contributed by atoms with E-state index in [-0.39, 0.29) is 29.2 Å². The molecule has 1 aliphatic rings. The van der Waals surface area contributed by atoms with Crippen LogP contribution in [-0.2, 0) is 12.7 Å². The Hall–Kier alpha value is -2.74. The summed E-state index contributed by atoms with van der Waals surface area (Å²) in [5, 5.41) is 7.06. The Labute approximate surface area is 159 Å². The average Bonchev–Trinajstić information content (AvgIpc) is 2.63. The fourth-order valence-electron chi connectivity index (χ4n) is 3.27. The second-order valence-electron chi connectivity index (χ2n) is 6.93. The summed E-state index contributed by atoms with van der Waals surface area (Å²) in [6.45, 7) is 0.617. The molecular formula is C20H18F4N4. The lowest BCUT2D eigenvalue weighted by atomic mass is 9.86. The first-order valence-corrected chi connectivity index (χ1v) is 8.97. The molecule has 1 fully saturated rings. The number of fused-ring (bicyclic) bond motifs is 1. The highest BCUT2D eigenvalue weighted by Gasteiger charge is 2.36. The maximum Gasteiger partial charge on any atom is 0.451 e. The van der Waals surface area contributed by atoms with Gasteiger partial charge in [0, 0.05) is 24.0 Å². The standard InChI is InChI=1S/C20H18F4N4/c21-13-7-5-12(6-8-13)11-25-14-9-15(10-14)26-18-16-3-1-2-4-17(16)27-19(28-18)20(22,23)24/h1-8,14-15,25H,9-11H2,(H,26,27,28). The quantitative estimate of drug-likeness (QED) is 0.629. The molecule has 146 valence electrons. The molecule has 1 heterocycles. The van der Waals surface area contributed by atoms with E-state index in [0.29, 0.717) is 11.9 Å². The molecule has 0 radical (unpaired) electrons. The third-order valence-electron chi connectivity index (χ3n) is 4.84. The van der Waals surface area contributed by atoms with E-state index in [1.807, 2.05) is 0 Å². The highest BCUT2D eigenvalue weighted by molar-refractivity contribution is 5.89. The smallest absolute Gasteiger partial charge is 0.367 e. The van der Waals surface area contributed by atoms with Crippen LogP contribution >= 0.6 is 0 Å². The molecule has 0 atom stereocenters. The van der Waals surface area contributed by atoms with Crippen molar-refractivity contribution in [3.05, 3.63) is 65.7 Å². The first kappa shape index (κ1) is 18.6. The molecule has 4 nitrogen and oxygen atoms in total. The second kappa shape index (κ2) is 7.35. The number of alkyl halides is 3. The largest absolute Gasteiger partial charge is 0.451 e. The number of aromatic nitrogens is 2. The molecule has 8 heteroatoms. The highest BCUT2D eigenvalue weighted by atomic mass is 19.4. The van der Waals surface area contributed by atoms with Crippen molar-refractivity contribution in [1.29, 1.82) is 0 Å². The summed E-state index contributed by atoms with van der Waals surface area (Å²) >= 11 is 0. The molecule has 0 spiro atoms. The molecule has 28 heavy (non-hydrogen) atoms. The number of benzene rings is 2. The summed E-state index contributed by atoms with van der Waals surface area (Å²) in [7, 11) is 0. The molecule has 0 aliphatic heterocycles. The van der Waals surface area contributed by atoms with Gasteiger partial charge in [-0.2, -0.15) is 13.2 Å². The molecule has 2 aromatic carbocycles. The normalized spacial score (nSPS) is 19.4. The van der Waals surface area contributed by atoms with Crippen molar-refractivity contribution in [3.63, 3.8) is 0 Å². The van der Waals surface area contributed by atoms with Crippen LogP contribution in [0.25, 0.3) is 10.9 Å². The summed E-state index contributed by atoms with van der Waals surface area (Å²) in [6.07, 6.45) is -3.07. The Kier molecular flexibility index (Phi) is 4.89. The molecule has 2 N–H and O–H groups in total. The van der Waals surface area contributed by atoms with Crippen molar-refractivity contribution in [2.24, 2.45) is 0 Å². The molecule has 1 saturated carbocycles. The van der Waals surface area contributed by atoms with Gasteiger partial charge in [0.25, 0.3) is 0 Å². The zero-order chi connectivity index (χ0) is 19.7. The molecular weight excluding hydrogens is 372 g/mol. The van der Waals surface area contributed by atoms with Gasteiger partial charge in [-0.3, -0.25) is 0 Å². The minimum absolute atomic E-state index is 0.0325. The minimum atomic E-state index is -4.60. The Morgan fingerprint density at radius 1 is 0.929 bits per heavy atom. The van der Waals surface area contributed by atoms with Gasteiger partial charge in [-0.25, -0.2) is 14.4 Å². The Balaban J connectivity index is 1.40. The molecule has 0 unspecified atom stereocenters. The number of hydrogen-bond acceptors (Lipinski definition) is 4. The van der Waals surface area contributed by atoms with Crippen LogP contribution in [0.4, 0.5) is 23.4 Å². The van der Waals surface area contributed by atoms with E-state index in [1.165, 1.54) is 12.1 Å². The molecule has 0 amide bonds. The van der Waals surface area contributed by atoms with Crippen molar-refractivity contribution >= 4 is 16.7 Å². The number of rotatable bonds is 5. The molecule has 1 aromatic heterocycles. The fraction of sp³-hybridized carbons (Fsp3) is 0.300. The lowest BCUT2D eigenvalue weighted by molar-refractivity contribution is -0.144. The van der Waals surface area contributed by atoms with Gasteiger partial charge in [0.2, 0.25) is 5.82 Å². The third kappa shape index (κ3) is 4.06. The number of para-hydroxylation sites is 1. The van der Waals surface area contributed by atoms with Crippen LogP contribution in [-0.4, -0.2) is 22.1 Å². The van der Waals surface area contributed by atoms with Crippen LogP contribution < -0.4 is 10.6 Å². The SMILES string of the molecule is Fc1ccc(CNC2CC(Nc3nc(C(F)(F)F)nc4ccccc34)C2)cc1. The first-order chi connectivity index (χ1) is 13.4. The van der Waals surface area contributed by atoms with Gasteiger partial charge < -0.3 is 10.6 Å². The summed E-state index contributed by atoms with van der Waals surface area (Å²) in [5.74, 6) is -1.20. The van der Waals surface area contributed by atoms with Crippen LogP contribution in [0.15, 0.2) is 48.5 Å². The van der Waals surface area contributed by atoms with E-state index in [4.69, 9.17) is 0 Å². The Morgan fingerprint density at radius 2 is 1.64 bits per heavy atom. The summed E-state index contributed by atoms with van der Waals surface area (Å²) in [6, 6.07) is 13.2. The molecule has 4 rings (SSSR count). The van der Waals surface area contributed by atoms with Crippen LogP contribution in [0.5, 0.6) is 0 Å². The zero-order valence-electron chi connectivity index (χ0n) is 14.8. The van der Waals surface area contributed by atoms with Gasteiger partial charge in [-0.05, 0) is 42.7 Å². The predicted molar refractivity (Wildman–Crippen MR) is 98.2 cm³/mol. The van der Waals surface area contributed by atoms with Crippen molar-refractivity contribution in [2.45, 2.75) is 37.6 Å². The number of hydrogen-bond donors (Lipinski definition) is 2. The summed E-state index contributed by atoms with van der Waals surface area (Å²) < 4.78 is 52.2. The monoisotopic (exact) mass is 390 g/mol. The predicted octanol–water partition coefficient (Wildman–Crippen LogP) is 4.52. The van der Waals surface area contributed by atoms with Gasteiger partial charge in [0.05, 0.1) is 5.52 Å². The number of halogens is 4. The maximum atomic E-state index is 13.1. The number of nitrogens with one attached hydrogen (secondary N) is 2. The maximum absolute atomic E-state index is 13.1. The first-order valence-electron chi connectivity index (χ1n) is 8.97. The van der Waals surface area contributed by atoms with E-state index in [0.717, 1.165) is 18.4 Å². The van der Waals surface area contributed by atoms with Crippen molar-refractivity contribution in [2.75, 3.05) is 5.32 Å². The molecule has 1 aliphatic carbocycles. The van der Waals surface area contributed by atoms with Crippen LogP contribution in [0, 0.1) is 5.82 Å². The van der Waals surface area contributed by atoms with Gasteiger partial charge in [-0.1, -0.05) is 24.3 Å². The molecule has 0 bridgehead atoms. The van der Waals surface area contributed by atoms with E-state index in [9.17, 15) is 17.6 Å². The zero-order valence-corrected chi connectivity index (χ0v) is 14.8. The lowest BCUT2D eigenvalue weighted by Crippen LogP contribution is -2.47. The topological polar surface area (TPSA) is 49.8 Å². The number of anilines is 1. The van der Waals surface area contributed by atoms with Gasteiger partial charge in [0.15, 0.2) is 0 Å². The van der Waals surface area contributed by atoms with E-state index < -0.39 is 12.0 Å². The minimum Gasteiger partial charge on any atom is -0.367 e. The lowest BCUT2D eigenvalue weighted by Gasteiger charge is -2.37. The van der Waals surface area contributed by atoms with Crippen LogP contribution in [0.3, 0.4) is 0 Å².